The Kier molecular flexibility index (Phi) is 9.81. The van der Waals surface area contributed by atoms with Crippen LogP contribution in [0.1, 0.15) is 0 Å². The molecule has 0 aliphatic heterocycles. The SMILES string of the molecule is C#CC#CC#CC#CC#CC#CC#CC#CC#COc1ccc2cc(OC=O)ccc2c1. The van der Waals surface area contributed by atoms with E-state index in [4.69, 9.17) is 15.9 Å². The summed E-state index contributed by atoms with van der Waals surface area (Å²) in [5, 5.41) is 1.81. The molecule has 0 saturated carbocycles. The van der Waals surface area contributed by atoms with Crippen molar-refractivity contribution in [3.8, 4) is 119 Å². The van der Waals surface area contributed by atoms with Crippen molar-refractivity contribution in [1.29, 1.82) is 0 Å². The summed E-state index contributed by atoms with van der Waals surface area (Å²) in [6.07, 6.45) is 7.41. The van der Waals surface area contributed by atoms with E-state index in [1.165, 1.54) is 0 Å². The number of rotatable bonds is 3. The van der Waals surface area contributed by atoms with E-state index in [9.17, 15) is 4.79 Å². The van der Waals surface area contributed by atoms with Gasteiger partial charge >= 0.3 is 0 Å². The third-order valence-corrected chi connectivity index (χ3v) is 3.13. The molecule has 2 aromatic rings. The maximum atomic E-state index is 10.4. The van der Waals surface area contributed by atoms with E-state index in [0.29, 0.717) is 18.0 Å². The molecule has 32 heavy (non-hydrogen) atoms. The first-order valence-corrected chi connectivity index (χ1v) is 8.60. The molecule has 3 heteroatoms. The molecule has 0 aromatic heterocycles. The summed E-state index contributed by atoms with van der Waals surface area (Å²) in [6, 6.07) is 10.6. The van der Waals surface area contributed by atoms with Crippen LogP contribution >= 0.6 is 0 Å². The second kappa shape index (κ2) is 14.1. The van der Waals surface area contributed by atoms with Gasteiger partial charge in [0.1, 0.15) is 17.6 Å². The van der Waals surface area contributed by atoms with Crippen LogP contribution in [-0.2, 0) is 4.79 Å². The molecule has 0 saturated heterocycles. The summed E-state index contributed by atoms with van der Waals surface area (Å²) in [4.78, 5) is 10.4. The lowest BCUT2D eigenvalue weighted by atomic mass is 10.1. The topological polar surface area (TPSA) is 35.5 Å². The normalized spacial score (nSPS) is 6.72. The van der Waals surface area contributed by atoms with E-state index in [1.807, 2.05) is 18.2 Å². The van der Waals surface area contributed by atoms with E-state index in [-0.39, 0.29) is 0 Å². The lowest BCUT2D eigenvalue weighted by Crippen LogP contribution is -1.88. The van der Waals surface area contributed by atoms with Crippen LogP contribution in [0.3, 0.4) is 0 Å². The Balaban J connectivity index is 1.85. The molecular formula is C29H8O3. The van der Waals surface area contributed by atoms with Crippen LogP contribution in [0.5, 0.6) is 11.5 Å². The Morgan fingerprint density at radius 3 is 1.53 bits per heavy atom. The number of ether oxygens (including phenoxy) is 2. The van der Waals surface area contributed by atoms with Crippen molar-refractivity contribution in [2.75, 3.05) is 0 Å². The first kappa shape index (κ1) is 22.3. The molecule has 0 bridgehead atoms. The van der Waals surface area contributed by atoms with Gasteiger partial charge in [0, 0.05) is 47.4 Å². The first-order chi connectivity index (χ1) is 15.8. The molecule has 0 unspecified atom stereocenters. The van der Waals surface area contributed by atoms with Gasteiger partial charge in [-0.25, -0.2) is 0 Å². The molecule has 0 heterocycles. The Labute approximate surface area is 186 Å². The number of hydrogen-bond acceptors (Lipinski definition) is 3. The zero-order valence-electron chi connectivity index (χ0n) is 16.3. The number of carbonyl (C=O) groups excluding carboxylic acids is 1. The Bertz CT molecular complexity index is 1590. The highest BCUT2D eigenvalue weighted by Gasteiger charge is 1.99. The maximum absolute atomic E-state index is 10.4. The average molecular weight is 404 g/mol. The molecule has 0 atom stereocenters. The van der Waals surface area contributed by atoms with Crippen molar-refractivity contribution in [3.05, 3.63) is 36.4 Å². The molecule has 0 spiro atoms. The van der Waals surface area contributed by atoms with Crippen LogP contribution in [0, 0.1) is 107 Å². The van der Waals surface area contributed by atoms with E-state index in [2.05, 4.69) is 101 Å². The van der Waals surface area contributed by atoms with Crippen molar-refractivity contribution in [2.24, 2.45) is 0 Å². The van der Waals surface area contributed by atoms with Gasteiger partial charge in [-0.15, -0.1) is 6.42 Å². The standard InChI is InChI=1S/C29H8O3/c1-2-3-4-5-6-7-8-9-10-11-12-13-14-15-16-17-22-31-28-20-18-27-24-29(32-25-30)21-19-26(27)23-28/h1,18-21,23-25H. The smallest absolute Gasteiger partial charge is 0.298 e. The van der Waals surface area contributed by atoms with Crippen LogP contribution < -0.4 is 9.47 Å². The highest BCUT2D eigenvalue weighted by molar-refractivity contribution is 5.85. The van der Waals surface area contributed by atoms with Crippen molar-refractivity contribution in [1.82, 2.24) is 0 Å². The van der Waals surface area contributed by atoms with Gasteiger partial charge in [-0.2, -0.15) is 0 Å². The lowest BCUT2D eigenvalue weighted by Gasteiger charge is -2.03. The molecule has 2 rings (SSSR count). The molecule has 142 valence electrons. The van der Waals surface area contributed by atoms with Gasteiger partial charge in [0.25, 0.3) is 6.47 Å². The number of fused-ring (bicyclic) bond motifs is 1. The van der Waals surface area contributed by atoms with Crippen molar-refractivity contribution < 1.29 is 14.3 Å². The van der Waals surface area contributed by atoms with Crippen LogP contribution in [0.15, 0.2) is 36.4 Å². The molecule has 0 radical (unpaired) electrons. The predicted molar refractivity (Wildman–Crippen MR) is 122 cm³/mol. The summed E-state index contributed by atoms with van der Waals surface area (Å²) in [6.45, 7) is 0.385. The number of benzene rings is 2. The summed E-state index contributed by atoms with van der Waals surface area (Å²) in [7, 11) is 0. The minimum atomic E-state index is 0.385. The van der Waals surface area contributed by atoms with Crippen LogP contribution in [0.2, 0.25) is 0 Å². The molecule has 0 N–H and O–H groups in total. The van der Waals surface area contributed by atoms with Crippen molar-refractivity contribution >= 4 is 17.2 Å². The average Bonchev–Trinajstić information content (AvgIpc) is 2.81. The van der Waals surface area contributed by atoms with Gasteiger partial charge in [0.05, 0.1) is 0 Å². The van der Waals surface area contributed by atoms with E-state index >= 15 is 0 Å². The van der Waals surface area contributed by atoms with E-state index in [1.54, 1.807) is 18.2 Å². The lowest BCUT2D eigenvalue weighted by molar-refractivity contribution is -0.120. The molecule has 2 aromatic carbocycles. The van der Waals surface area contributed by atoms with Gasteiger partial charge in [-0.1, -0.05) is 12.1 Å². The maximum Gasteiger partial charge on any atom is 0.298 e. The molecule has 0 aliphatic carbocycles. The molecule has 3 nitrogen and oxygen atoms in total. The first-order valence-electron chi connectivity index (χ1n) is 8.60. The quantitative estimate of drug-likeness (QED) is 0.582. The van der Waals surface area contributed by atoms with Crippen molar-refractivity contribution in [2.45, 2.75) is 0 Å². The number of carbonyl (C=O) groups is 1. The van der Waals surface area contributed by atoms with Crippen LogP contribution in [0.4, 0.5) is 0 Å². The van der Waals surface area contributed by atoms with E-state index in [0.717, 1.165) is 10.8 Å². The summed E-state index contributed by atoms with van der Waals surface area (Å²) in [5.74, 6) is 40.4. The second-order valence-electron chi connectivity index (χ2n) is 5.11. The summed E-state index contributed by atoms with van der Waals surface area (Å²) >= 11 is 0. The monoisotopic (exact) mass is 404 g/mol. The van der Waals surface area contributed by atoms with Crippen LogP contribution in [-0.4, -0.2) is 6.47 Å². The fourth-order valence-electron chi connectivity index (χ4n) is 1.95. The molecule has 0 amide bonds. The van der Waals surface area contributed by atoms with Gasteiger partial charge in [-0.3, -0.25) is 4.79 Å². The largest absolute Gasteiger partial charge is 0.429 e. The summed E-state index contributed by atoms with van der Waals surface area (Å²) in [5.41, 5.74) is 0. The number of hydrogen-bond donors (Lipinski definition) is 0. The summed E-state index contributed by atoms with van der Waals surface area (Å²) < 4.78 is 10.1. The van der Waals surface area contributed by atoms with Crippen molar-refractivity contribution in [3.63, 3.8) is 0 Å². The second-order valence-corrected chi connectivity index (χ2v) is 5.11. The van der Waals surface area contributed by atoms with Gasteiger partial charge in [0.15, 0.2) is 0 Å². The highest BCUT2D eigenvalue weighted by atomic mass is 16.5. The molecule has 0 fully saturated rings. The zero-order valence-corrected chi connectivity index (χ0v) is 16.3. The minimum absolute atomic E-state index is 0.385. The number of terminal acetylenes is 1. The third-order valence-electron chi connectivity index (χ3n) is 3.13. The fraction of sp³-hybridized carbons (Fsp3) is 0. The van der Waals surface area contributed by atoms with Gasteiger partial charge in [0.2, 0.25) is 0 Å². The zero-order chi connectivity index (χ0) is 22.7. The van der Waals surface area contributed by atoms with Gasteiger partial charge < -0.3 is 9.47 Å². The van der Waals surface area contributed by atoms with Gasteiger partial charge in [-0.05, 0) is 82.4 Å². The molecule has 0 aliphatic rings. The van der Waals surface area contributed by atoms with E-state index < -0.39 is 0 Å². The van der Waals surface area contributed by atoms with Crippen LogP contribution in [0.25, 0.3) is 10.8 Å². The Morgan fingerprint density at radius 1 is 0.594 bits per heavy atom. The third kappa shape index (κ3) is 8.80. The highest BCUT2D eigenvalue weighted by Crippen LogP contribution is 2.24. The Hall–Kier alpha value is -5.99. The minimum Gasteiger partial charge on any atom is -0.429 e. The Morgan fingerprint density at radius 2 is 1.03 bits per heavy atom. The predicted octanol–water partition coefficient (Wildman–Crippen LogP) is 2.37. The molecular weight excluding hydrogens is 396 g/mol. The fourth-order valence-corrected chi connectivity index (χ4v) is 1.95.